The third-order valence-electron chi connectivity index (χ3n) is 6.47. The van der Waals surface area contributed by atoms with E-state index in [-0.39, 0.29) is 17.8 Å². The summed E-state index contributed by atoms with van der Waals surface area (Å²) in [6, 6.07) is 22.3. The van der Waals surface area contributed by atoms with Crippen LogP contribution in [-0.2, 0) is 21.5 Å². The zero-order valence-corrected chi connectivity index (χ0v) is 20.2. The highest BCUT2D eigenvalue weighted by molar-refractivity contribution is 6.10. The molecule has 2 aromatic carbocycles. The molecule has 8 heteroatoms. The number of hydrogen-bond acceptors (Lipinski definition) is 5. The van der Waals surface area contributed by atoms with E-state index in [0.29, 0.717) is 38.8 Å². The number of aromatic nitrogens is 1. The molecule has 186 valence electrons. The molecule has 2 amide bonds. The SMILES string of the molecule is N=C1NC(c2ccccc2)(c2ccccc2)C(=O)N1CCCCNC(=O)[C@@H](N)CCc1cccnc1. The first kappa shape index (κ1) is 25.1. The van der Waals surface area contributed by atoms with Gasteiger partial charge in [-0.15, -0.1) is 0 Å². The minimum atomic E-state index is -1.13. The molecule has 1 fully saturated rings. The van der Waals surface area contributed by atoms with Crippen molar-refractivity contribution in [2.24, 2.45) is 5.73 Å². The molecular formula is C28H32N6O2. The van der Waals surface area contributed by atoms with Crippen LogP contribution in [0.25, 0.3) is 0 Å². The number of unbranched alkanes of at least 4 members (excludes halogenated alkanes) is 1. The summed E-state index contributed by atoms with van der Waals surface area (Å²) in [5.74, 6) is -0.279. The lowest BCUT2D eigenvalue weighted by atomic mass is 9.82. The Labute approximate surface area is 211 Å². The van der Waals surface area contributed by atoms with Crippen LogP contribution in [0.4, 0.5) is 0 Å². The van der Waals surface area contributed by atoms with E-state index < -0.39 is 11.6 Å². The molecule has 0 bridgehead atoms. The number of guanidine groups is 1. The maximum absolute atomic E-state index is 13.7. The molecular weight excluding hydrogens is 452 g/mol. The molecule has 36 heavy (non-hydrogen) atoms. The van der Waals surface area contributed by atoms with Crippen molar-refractivity contribution in [3.05, 3.63) is 102 Å². The van der Waals surface area contributed by atoms with E-state index in [4.69, 9.17) is 11.1 Å². The fourth-order valence-corrected chi connectivity index (χ4v) is 4.49. The normalized spacial score (nSPS) is 15.4. The van der Waals surface area contributed by atoms with E-state index in [9.17, 15) is 9.59 Å². The lowest BCUT2D eigenvalue weighted by Crippen LogP contribution is -2.45. The van der Waals surface area contributed by atoms with Crippen LogP contribution < -0.4 is 16.4 Å². The molecule has 1 aromatic heterocycles. The molecule has 0 spiro atoms. The van der Waals surface area contributed by atoms with Crippen LogP contribution in [-0.4, -0.2) is 46.8 Å². The third kappa shape index (κ3) is 5.44. The molecule has 0 saturated carbocycles. The van der Waals surface area contributed by atoms with Crippen molar-refractivity contribution < 1.29 is 9.59 Å². The zero-order valence-electron chi connectivity index (χ0n) is 20.2. The minimum Gasteiger partial charge on any atom is -0.355 e. The maximum Gasteiger partial charge on any atom is 0.264 e. The van der Waals surface area contributed by atoms with E-state index in [1.54, 1.807) is 12.4 Å². The number of benzene rings is 2. The van der Waals surface area contributed by atoms with Gasteiger partial charge in [-0.3, -0.25) is 24.9 Å². The number of carbonyl (C=O) groups is 2. The molecule has 3 aromatic rings. The van der Waals surface area contributed by atoms with Gasteiger partial charge in [0.05, 0.1) is 6.04 Å². The fraction of sp³-hybridized carbons (Fsp3) is 0.286. The molecule has 1 aliphatic rings. The van der Waals surface area contributed by atoms with Crippen LogP contribution in [0.2, 0.25) is 0 Å². The summed E-state index contributed by atoms with van der Waals surface area (Å²) in [5.41, 5.74) is 7.54. The lowest BCUT2D eigenvalue weighted by molar-refractivity contribution is -0.130. The second-order valence-corrected chi connectivity index (χ2v) is 8.92. The average molecular weight is 485 g/mol. The molecule has 0 radical (unpaired) electrons. The number of aryl methyl sites for hydroxylation is 1. The Morgan fingerprint density at radius 1 is 1.03 bits per heavy atom. The van der Waals surface area contributed by atoms with Gasteiger partial charge in [-0.25, -0.2) is 0 Å². The Balaban J connectivity index is 1.30. The second-order valence-electron chi connectivity index (χ2n) is 8.92. The Bertz CT molecular complexity index is 1130. The number of amides is 2. The standard InChI is InChI=1S/C28H32N6O2/c29-24(16-15-21-10-9-17-31-20-21)25(35)32-18-7-8-19-34-26(36)28(33-27(34)30,22-11-3-1-4-12-22)23-13-5-2-6-14-23/h1-6,9-14,17,20,24H,7-8,15-16,18-19,29H2,(H2,30,33)(H,32,35)/t24-/m0/s1. The van der Waals surface area contributed by atoms with Crippen molar-refractivity contribution in [2.75, 3.05) is 13.1 Å². The van der Waals surface area contributed by atoms with Gasteiger partial charge in [-0.2, -0.15) is 0 Å². The van der Waals surface area contributed by atoms with E-state index in [0.717, 1.165) is 16.7 Å². The van der Waals surface area contributed by atoms with E-state index in [1.165, 1.54) is 4.90 Å². The van der Waals surface area contributed by atoms with Crippen LogP contribution in [0.3, 0.4) is 0 Å². The van der Waals surface area contributed by atoms with Gasteiger partial charge < -0.3 is 16.4 Å². The highest BCUT2D eigenvalue weighted by atomic mass is 16.2. The third-order valence-corrected chi connectivity index (χ3v) is 6.47. The highest BCUT2D eigenvalue weighted by Crippen LogP contribution is 2.35. The van der Waals surface area contributed by atoms with Crippen LogP contribution >= 0.6 is 0 Å². The van der Waals surface area contributed by atoms with Gasteiger partial charge in [0.25, 0.3) is 5.91 Å². The summed E-state index contributed by atoms with van der Waals surface area (Å²) >= 11 is 0. The summed E-state index contributed by atoms with van der Waals surface area (Å²) in [6.07, 6.45) is 6.04. The molecule has 8 nitrogen and oxygen atoms in total. The Morgan fingerprint density at radius 3 is 2.31 bits per heavy atom. The number of carbonyl (C=O) groups excluding carboxylic acids is 2. The van der Waals surface area contributed by atoms with Gasteiger partial charge >= 0.3 is 0 Å². The van der Waals surface area contributed by atoms with Crippen LogP contribution in [0.5, 0.6) is 0 Å². The summed E-state index contributed by atoms with van der Waals surface area (Å²) in [7, 11) is 0. The number of rotatable bonds is 11. The number of pyridine rings is 1. The monoisotopic (exact) mass is 484 g/mol. The van der Waals surface area contributed by atoms with Crippen molar-refractivity contribution in [1.29, 1.82) is 5.41 Å². The molecule has 1 saturated heterocycles. The van der Waals surface area contributed by atoms with E-state index in [1.807, 2.05) is 72.8 Å². The number of hydrogen-bond donors (Lipinski definition) is 4. The van der Waals surface area contributed by atoms with Gasteiger partial charge in [0.2, 0.25) is 5.91 Å². The lowest BCUT2D eigenvalue weighted by Gasteiger charge is -2.28. The molecule has 4 rings (SSSR count). The van der Waals surface area contributed by atoms with Crippen molar-refractivity contribution in [1.82, 2.24) is 20.5 Å². The summed E-state index contributed by atoms with van der Waals surface area (Å²) < 4.78 is 0. The maximum atomic E-state index is 13.7. The highest BCUT2D eigenvalue weighted by Gasteiger charge is 2.51. The zero-order chi connectivity index (χ0) is 25.4. The first-order chi connectivity index (χ1) is 17.5. The van der Waals surface area contributed by atoms with Gasteiger partial charge in [-0.1, -0.05) is 66.7 Å². The van der Waals surface area contributed by atoms with Crippen LogP contribution in [0.1, 0.15) is 36.0 Å². The first-order valence-corrected chi connectivity index (χ1v) is 12.2. The first-order valence-electron chi connectivity index (χ1n) is 12.2. The average Bonchev–Trinajstić information content (AvgIpc) is 3.18. The van der Waals surface area contributed by atoms with Crippen LogP contribution in [0, 0.1) is 5.41 Å². The largest absolute Gasteiger partial charge is 0.355 e. The van der Waals surface area contributed by atoms with E-state index >= 15 is 0 Å². The quantitative estimate of drug-likeness (QED) is 0.311. The molecule has 2 heterocycles. The predicted octanol–water partition coefficient (Wildman–Crippen LogP) is 2.55. The van der Waals surface area contributed by atoms with Gasteiger partial charge in [-0.05, 0) is 48.4 Å². The van der Waals surface area contributed by atoms with Crippen molar-refractivity contribution in [3.8, 4) is 0 Å². The second kappa shape index (κ2) is 11.6. The van der Waals surface area contributed by atoms with Crippen molar-refractivity contribution in [2.45, 2.75) is 37.3 Å². The van der Waals surface area contributed by atoms with Crippen molar-refractivity contribution >= 4 is 17.8 Å². The van der Waals surface area contributed by atoms with Gasteiger partial charge in [0.1, 0.15) is 0 Å². The Kier molecular flexibility index (Phi) is 8.07. The topological polar surface area (TPSA) is 124 Å². The number of nitrogens with one attached hydrogen (secondary N) is 3. The Morgan fingerprint density at radius 2 is 1.69 bits per heavy atom. The minimum absolute atomic E-state index is 0.0779. The smallest absolute Gasteiger partial charge is 0.264 e. The molecule has 1 aliphatic heterocycles. The van der Waals surface area contributed by atoms with E-state index in [2.05, 4.69) is 15.6 Å². The number of nitrogens with two attached hydrogens (primary N) is 1. The molecule has 0 unspecified atom stereocenters. The molecule has 1 atom stereocenters. The van der Waals surface area contributed by atoms with Crippen molar-refractivity contribution in [3.63, 3.8) is 0 Å². The molecule has 5 N–H and O–H groups in total. The summed E-state index contributed by atoms with van der Waals surface area (Å²) in [5, 5.41) is 14.6. The Hall–Kier alpha value is -4.04. The summed E-state index contributed by atoms with van der Waals surface area (Å²) in [6.45, 7) is 0.847. The van der Waals surface area contributed by atoms with Gasteiger partial charge in [0, 0.05) is 25.5 Å². The molecule has 0 aliphatic carbocycles. The number of nitrogens with zero attached hydrogens (tertiary/aromatic N) is 2. The predicted molar refractivity (Wildman–Crippen MR) is 139 cm³/mol. The van der Waals surface area contributed by atoms with Gasteiger partial charge in [0.15, 0.2) is 11.5 Å². The summed E-state index contributed by atoms with van der Waals surface area (Å²) in [4.78, 5) is 31.6. The fourth-order valence-electron chi connectivity index (χ4n) is 4.49. The van der Waals surface area contributed by atoms with Crippen LogP contribution in [0.15, 0.2) is 85.2 Å².